The molecule has 2 atom stereocenters. The Morgan fingerprint density at radius 3 is 2.09 bits per heavy atom. The van der Waals surface area contributed by atoms with Gasteiger partial charge in [0.1, 0.15) is 0 Å². The molecule has 1 saturated heterocycles. The molecule has 22 heavy (non-hydrogen) atoms. The number of benzene rings is 1. The van der Waals surface area contributed by atoms with Crippen molar-refractivity contribution in [1.82, 2.24) is 10.4 Å². The van der Waals surface area contributed by atoms with E-state index in [1.165, 1.54) is 26.2 Å². The molecule has 0 bridgehead atoms. The third-order valence-corrected chi connectivity index (χ3v) is 4.08. The van der Waals surface area contributed by atoms with Crippen molar-refractivity contribution < 1.29 is 4.79 Å². The van der Waals surface area contributed by atoms with Crippen molar-refractivity contribution in [3.63, 3.8) is 0 Å². The van der Waals surface area contributed by atoms with Gasteiger partial charge in [-0.05, 0) is 63.2 Å². The van der Waals surface area contributed by atoms with Gasteiger partial charge in [0.15, 0.2) is 5.11 Å². The standard InChI is InChI=1S/C16H24N4OS/c1-11-5-4-6-12(2)20(11)19-16(22)18-15-9-7-14(8-10-15)17-13(3)21/h7-12H,4-6H2,1-3H3,(H,17,21)(H2,18,19,22)/t11-,12+. The molecule has 1 aliphatic rings. The van der Waals surface area contributed by atoms with Crippen LogP contribution in [-0.4, -0.2) is 28.1 Å². The number of anilines is 2. The van der Waals surface area contributed by atoms with Crippen molar-refractivity contribution >= 4 is 34.6 Å². The lowest BCUT2D eigenvalue weighted by atomic mass is 10.00. The molecule has 5 nitrogen and oxygen atoms in total. The summed E-state index contributed by atoms with van der Waals surface area (Å²) in [6.07, 6.45) is 3.64. The summed E-state index contributed by atoms with van der Waals surface area (Å²) >= 11 is 5.39. The molecule has 1 aromatic rings. The van der Waals surface area contributed by atoms with Crippen LogP contribution >= 0.6 is 12.2 Å². The van der Waals surface area contributed by atoms with Crippen LogP contribution in [0.1, 0.15) is 40.0 Å². The molecule has 1 amide bonds. The molecule has 2 rings (SSSR count). The van der Waals surface area contributed by atoms with Crippen LogP contribution in [0, 0.1) is 0 Å². The van der Waals surface area contributed by atoms with E-state index in [-0.39, 0.29) is 5.91 Å². The van der Waals surface area contributed by atoms with Gasteiger partial charge in [0.2, 0.25) is 5.91 Å². The SMILES string of the molecule is CC(=O)Nc1ccc(NC(=S)NN2[C@H](C)CCC[C@@H]2C)cc1. The van der Waals surface area contributed by atoms with Crippen LogP contribution in [0.3, 0.4) is 0 Å². The molecule has 0 aliphatic carbocycles. The van der Waals surface area contributed by atoms with E-state index in [2.05, 4.69) is 34.9 Å². The summed E-state index contributed by atoms with van der Waals surface area (Å²) in [6, 6.07) is 8.43. The number of nitrogens with one attached hydrogen (secondary N) is 3. The van der Waals surface area contributed by atoms with Crippen molar-refractivity contribution in [2.24, 2.45) is 0 Å². The highest BCUT2D eigenvalue weighted by Gasteiger charge is 2.25. The van der Waals surface area contributed by atoms with Gasteiger partial charge in [0.25, 0.3) is 0 Å². The molecule has 1 fully saturated rings. The lowest BCUT2D eigenvalue weighted by Gasteiger charge is -2.39. The van der Waals surface area contributed by atoms with Crippen LogP contribution in [0.5, 0.6) is 0 Å². The zero-order valence-electron chi connectivity index (χ0n) is 13.3. The van der Waals surface area contributed by atoms with Gasteiger partial charge in [0, 0.05) is 30.4 Å². The number of thiocarbonyl (C=S) groups is 1. The van der Waals surface area contributed by atoms with E-state index >= 15 is 0 Å². The highest BCUT2D eigenvalue weighted by atomic mass is 32.1. The van der Waals surface area contributed by atoms with E-state index in [1.807, 2.05) is 24.3 Å². The summed E-state index contributed by atoms with van der Waals surface area (Å²) in [4.78, 5) is 11.0. The summed E-state index contributed by atoms with van der Waals surface area (Å²) in [5.41, 5.74) is 4.96. The number of carbonyl (C=O) groups excluding carboxylic acids is 1. The van der Waals surface area contributed by atoms with Crippen molar-refractivity contribution in [3.8, 4) is 0 Å². The van der Waals surface area contributed by atoms with Crippen molar-refractivity contribution in [2.45, 2.75) is 52.1 Å². The van der Waals surface area contributed by atoms with E-state index in [9.17, 15) is 4.79 Å². The normalized spacial score (nSPS) is 22.0. The Hall–Kier alpha value is -1.66. The molecular formula is C16H24N4OS. The molecule has 1 aromatic carbocycles. The van der Waals surface area contributed by atoms with E-state index in [0.717, 1.165) is 11.4 Å². The third kappa shape index (κ3) is 4.68. The van der Waals surface area contributed by atoms with Crippen LogP contribution < -0.4 is 16.1 Å². The second-order valence-corrected chi connectivity index (χ2v) is 6.27. The van der Waals surface area contributed by atoms with Crippen molar-refractivity contribution in [1.29, 1.82) is 0 Å². The molecule has 3 N–H and O–H groups in total. The maximum absolute atomic E-state index is 11.0. The van der Waals surface area contributed by atoms with Gasteiger partial charge in [0.05, 0.1) is 0 Å². The maximum atomic E-state index is 11.0. The van der Waals surface area contributed by atoms with Crippen LogP contribution in [0.4, 0.5) is 11.4 Å². The Morgan fingerprint density at radius 1 is 1.09 bits per heavy atom. The fourth-order valence-corrected chi connectivity index (χ4v) is 2.98. The third-order valence-electron chi connectivity index (χ3n) is 3.89. The fraction of sp³-hybridized carbons (Fsp3) is 0.500. The molecule has 0 saturated carbocycles. The lowest BCUT2D eigenvalue weighted by Crippen LogP contribution is -2.55. The minimum atomic E-state index is -0.0778. The van der Waals surface area contributed by atoms with Gasteiger partial charge in [-0.3, -0.25) is 10.2 Å². The monoisotopic (exact) mass is 320 g/mol. The molecule has 0 unspecified atom stereocenters. The van der Waals surface area contributed by atoms with Crippen LogP contribution in [0.15, 0.2) is 24.3 Å². The van der Waals surface area contributed by atoms with Gasteiger partial charge in [-0.1, -0.05) is 6.42 Å². The van der Waals surface area contributed by atoms with E-state index in [1.54, 1.807) is 0 Å². The maximum Gasteiger partial charge on any atom is 0.221 e. The second kappa shape index (κ2) is 7.56. The highest BCUT2D eigenvalue weighted by molar-refractivity contribution is 7.80. The van der Waals surface area contributed by atoms with Crippen LogP contribution in [-0.2, 0) is 4.79 Å². The number of hydrazine groups is 1. The largest absolute Gasteiger partial charge is 0.332 e. The topological polar surface area (TPSA) is 56.4 Å². The summed E-state index contributed by atoms with van der Waals surface area (Å²) in [5.74, 6) is -0.0778. The summed E-state index contributed by atoms with van der Waals surface area (Å²) in [7, 11) is 0. The van der Waals surface area contributed by atoms with Crippen LogP contribution in [0.25, 0.3) is 0 Å². The summed E-state index contributed by atoms with van der Waals surface area (Å²) in [5, 5.41) is 8.73. The summed E-state index contributed by atoms with van der Waals surface area (Å²) in [6.45, 7) is 5.92. The molecule has 1 aliphatic heterocycles. The average Bonchev–Trinajstić information content (AvgIpc) is 2.45. The highest BCUT2D eigenvalue weighted by Crippen LogP contribution is 2.20. The number of hydrogen-bond acceptors (Lipinski definition) is 3. The zero-order chi connectivity index (χ0) is 16.1. The number of nitrogens with zero attached hydrogens (tertiary/aromatic N) is 1. The number of carbonyl (C=O) groups is 1. The lowest BCUT2D eigenvalue weighted by molar-refractivity contribution is -0.114. The first-order chi connectivity index (χ1) is 10.5. The first-order valence-electron chi connectivity index (χ1n) is 7.69. The predicted molar refractivity (Wildman–Crippen MR) is 94.7 cm³/mol. The van der Waals surface area contributed by atoms with Gasteiger partial charge in [-0.15, -0.1) is 0 Å². The predicted octanol–water partition coefficient (Wildman–Crippen LogP) is 3.11. The van der Waals surface area contributed by atoms with Crippen LogP contribution in [0.2, 0.25) is 0 Å². The van der Waals surface area contributed by atoms with Gasteiger partial charge < -0.3 is 10.6 Å². The zero-order valence-corrected chi connectivity index (χ0v) is 14.2. The molecule has 0 radical (unpaired) electrons. The number of piperidine rings is 1. The van der Waals surface area contributed by atoms with E-state index in [4.69, 9.17) is 12.2 Å². The van der Waals surface area contributed by atoms with Crippen molar-refractivity contribution in [3.05, 3.63) is 24.3 Å². The van der Waals surface area contributed by atoms with Gasteiger partial charge in [-0.2, -0.15) is 0 Å². The molecule has 120 valence electrons. The quantitative estimate of drug-likeness (QED) is 0.747. The smallest absolute Gasteiger partial charge is 0.221 e. The number of amides is 1. The Bertz CT molecular complexity index is 521. The molecular weight excluding hydrogens is 296 g/mol. The second-order valence-electron chi connectivity index (χ2n) is 5.86. The average molecular weight is 320 g/mol. The number of rotatable bonds is 3. The molecule has 1 heterocycles. The minimum Gasteiger partial charge on any atom is -0.332 e. The van der Waals surface area contributed by atoms with E-state index in [0.29, 0.717) is 17.2 Å². The Morgan fingerprint density at radius 2 is 1.59 bits per heavy atom. The molecule has 6 heteroatoms. The Balaban J connectivity index is 1.90. The Labute approximate surface area is 137 Å². The minimum absolute atomic E-state index is 0.0778. The van der Waals surface area contributed by atoms with Crippen molar-refractivity contribution in [2.75, 3.05) is 10.6 Å². The Kier molecular flexibility index (Phi) is 5.74. The summed E-state index contributed by atoms with van der Waals surface area (Å²) < 4.78 is 0. The van der Waals surface area contributed by atoms with Gasteiger partial charge in [-0.25, -0.2) is 5.01 Å². The molecule has 0 spiro atoms. The van der Waals surface area contributed by atoms with E-state index < -0.39 is 0 Å². The first-order valence-corrected chi connectivity index (χ1v) is 8.10. The number of hydrogen-bond donors (Lipinski definition) is 3. The molecule has 0 aromatic heterocycles. The fourth-order valence-electron chi connectivity index (χ4n) is 2.76. The van der Waals surface area contributed by atoms with Gasteiger partial charge >= 0.3 is 0 Å². The first kappa shape index (κ1) is 16.7.